The Hall–Kier alpha value is -3.19. The van der Waals surface area contributed by atoms with Gasteiger partial charge in [-0.1, -0.05) is 18.2 Å². The van der Waals surface area contributed by atoms with Gasteiger partial charge in [-0.05, 0) is 43.0 Å². The molecule has 4 rings (SSSR count). The first-order chi connectivity index (χ1) is 15.6. The number of likely N-dealkylation sites (tertiary alicyclic amines) is 1. The highest BCUT2D eigenvalue weighted by molar-refractivity contribution is 5.95. The molecule has 7 heteroatoms. The first-order valence-electron chi connectivity index (χ1n) is 11.0. The maximum absolute atomic E-state index is 12.9. The fraction of sp³-hybridized carbons (Fsp3) is 0.400. The largest absolute Gasteiger partial charge is 0.493 e. The number of carbonyl (C=O) groups excluding carboxylic acids is 1. The molecule has 7 nitrogen and oxygen atoms in total. The molecule has 0 aliphatic carbocycles. The third-order valence-electron chi connectivity index (χ3n) is 6.22. The van der Waals surface area contributed by atoms with Gasteiger partial charge in [-0.2, -0.15) is 0 Å². The number of ether oxygens (including phenoxy) is 3. The van der Waals surface area contributed by atoms with Gasteiger partial charge in [0.2, 0.25) is 5.75 Å². The lowest BCUT2D eigenvalue weighted by Gasteiger charge is -2.32. The van der Waals surface area contributed by atoms with Crippen LogP contribution in [0, 0.1) is 0 Å². The zero-order valence-corrected chi connectivity index (χ0v) is 18.9. The molecule has 1 aliphatic rings. The molecule has 1 amide bonds. The van der Waals surface area contributed by atoms with Crippen molar-refractivity contribution in [2.75, 3.05) is 41.0 Å². The second-order valence-corrected chi connectivity index (χ2v) is 8.11. The Morgan fingerprint density at radius 2 is 1.75 bits per heavy atom. The van der Waals surface area contributed by atoms with E-state index in [1.54, 1.807) is 33.5 Å². The number of nitrogens with zero attached hydrogens (tertiary/aromatic N) is 1. The number of amides is 1. The third kappa shape index (κ3) is 4.67. The normalized spacial score (nSPS) is 15.0. The molecule has 32 heavy (non-hydrogen) atoms. The molecular formula is C25H31N3O4. The Morgan fingerprint density at radius 1 is 1.06 bits per heavy atom. The number of aromatic nitrogens is 1. The van der Waals surface area contributed by atoms with E-state index in [2.05, 4.69) is 45.7 Å². The minimum atomic E-state index is -0.124. The quantitative estimate of drug-likeness (QED) is 0.563. The zero-order valence-electron chi connectivity index (χ0n) is 18.9. The van der Waals surface area contributed by atoms with Crippen LogP contribution in [0.5, 0.6) is 17.2 Å². The van der Waals surface area contributed by atoms with Gasteiger partial charge < -0.3 is 29.4 Å². The average Bonchev–Trinajstić information content (AvgIpc) is 3.25. The lowest BCUT2D eigenvalue weighted by molar-refractivity contribution is 0.0910. The number of carbonyl (C=O) groups is 1. The Bertz CT molecular complexity index is 1040. The van der Waals surface area contributed by atoms with Crippen molar-refractivity contribution < 1.29 is 19.0 Å². The zero-order chi connectivity index (χ0) is 22.5. The van der Waals surface area contributed by atoms with Crippen molar-refractivity contribution in [3.63, 3.8) is 0 Å². The molecule has 0 unspecified atom stereocenters. The summed E-state index contributed by atoms with van der Waals surface area (Å²) >= 11 is 0. The molecule has 1 saturated heterocycles. The number of methoxy groups -OCH3 is 3. The van der Waals surface area contributed by atoms with Gasteiger partial charge in [-0.15, -0.1) is 0 Å². The Labute approximate surface area is 188 Å². The monoisotopic (exact) mass is 437 g/mol. The van der Waals surface area contributed by atoms with Gasteiger partial charge in [0.1, 0.15) is 0 Å². The number of aromatic amines is 1. The number of H-pyrrole nitrogens is 1. The molecule has 1 aromatic heterocycles. The highest BCUT2D eigenvalue weighted by atomic mass is 16.5. The molecular weight excluding hydrogens is 406 g/mol. The smallest absolute Gasteiger partial charge is 0.251 e. The molecule has 170 valence electrons. The lowest BCUT2D eigenvalue weighted by Crippen LogP contribution is -2.45. The number of nitrogens with one attached hydrogen (secondary N) is 2. The van der Waals surface area contributed by atoms with Gasteiger partial charge in [0.25, 0.3) is 5.91 Å². The van der Waals surface area contributed by atoms with E-state index in [-0.39, 0.29) is 11.9 Å². The van der Waals surface area contributed by atoms with Gasteiger partial charge in [-0.25, -0.2) is 0 Å². The van der Waals surface area contributed by atoms with E-state index in [9.17, 15) is 4.79 Å². The number of hydrogen-bond donors (Lipinski definition) is 2. The molecule has 2 heterocycles. The molecule has 1 fully saturated rings. The van der Waals surface area contributed by atoms with Gasteiger partial charge in [-0.3, -0.25) is 4.79 Å². The molecule has 0 saturated carbocycles. The van der Waals surface area contributed by atoms with Crippen molar-refractivity contribution in [1.82, 2.24) is 15.2 Å². The number of hydrogen-bond acceptors (Lipinski definition) is 5. The summed E-state index contributed by atoms with van der Waals surface area (Å²) in [6, 6.07) is 12.0. The van der Waals surface area contributed by atoms with E-state index in [1.165, 1.54) is 16.5 Å². The first kappa shape index (κ1) is 22.0. The van der Waals surface area contributed by atoms with Crippen molar-refractivity contribution in [1.29, 1.82) is 0 Å². The SMILES string of the molecule is COc1cc(C(=O)NC2CCN(CCc3c[nH]c4ccccc34)CC2)cc(OC)c1OC. The van der Waals surface area contributed by atoms with Gasteiger partial charge in [0, 0.05) is 48.3 Å². The van der Waals surface area contributed by atoms with Crippen LogP contribution in [0.15, 0.2) is 42.6 Å². The Kier molecular flexibility index (Phi) is 6.85. The average molecular weight is 438 g/mol. The van der Waals surface area contributed by atoms with E-state index >= 15 is 0 Å². The summed E-state index contributed by atoms with van der Waals surface area (Å²) in [5.74, 6) is 1.31. The van der Waals surface area contributed by atoms with Crippen LogP contribution < -0.4 is 19.5 Å². The Balaban J connectivity index is 1.30. The third-order valence-corrected chi connectivity index (χ3v) is 6.22. The highest BCUT2D eigenvalue weighted by Gasteiger charge is 2.23. The van der Waals surface area contributed by atoms with Gasteiger partial charge in [0.15, 0.2) is 11.5 Å². The van der Waals surface area contributed by atoms with E-state index in [0.717, 1.165) is 38.9 Å². The van der Waals surface area contributed by atoms with Crippen LogP contribution >= 0.6 is 0 Å². The summed E-state index contributed by atoms with van der Waals surface area (Å²) in [6.45, 7) is 2.97. The minimum absolute atomic E-state index is 0.124. The summed E-state index contributed by atoms with van der Waals surface area (Å²) in [5.41, 5.74) is 3.05. The van der Waals surface area contributed by atoms with Crippen molar-refractivity contribution >= 4 is 16.8 Å². The standard InChI is InChI=1S/C25H31N3O4/c1-30-22-14-18(15-23(31-2)24(22)32-3)25(29)27-19-9-12-28(13-10-19)11-8-17-16-26-21-7-5-4-6-20(17)21/h4-7,14-16,19,26H,8-13H2,1-3H3,(H,27,29). The van der Waals surface area contributed by atoms with Crippen molar-refractivity contribution in [3.8, 4) is 17.2 Å². The lowest BCUT2D eigenvalue weighted by atomic mass is 10.0. The van der Waals surface area contributed by atoms with E-state index < -0.39 is 0 Å². The van der Waals surface area contributed by atoms with Crippen LogP contribution in [0.4, 0.5) is 0 Å². The molecule has 1 aliphatic heterocycles. The maximum Gasteiger partial charge on any atom is 0.251 e. The Morgan fingerprint density at radius 3 is 2.41 bits per heavy atom. The fourth-order valence-corrected chi connectivity index (χ4v) is 4.40. The van der Waals surface area contributed by atoms with Crippen molar-refractivity contribution in [2.24, 2.45) is 0 Å². The van der Waals surface area contributed by atoms with Crippen LogP contribution in [0.1, 0.15) is 28.8 Å². The predicted octanol–water partition coefficient (Wildman–Crippen LogP) is 3.63. The van der Waals surface area contributed by atoms with E-state index in [0.29, 0.717) is 22.8 Å². The molecule has 0 bridgehead atoms. The molecule has 0 atom stereocenters. The van der Waals surface area contributed by atoms with E-state index in [4.69, 9.17) is 14.2 Å². The number of benzene rings is 2. The number of piperidine rings is 1. The van der Waals surface area contributed by atoms with Crippen LogP contribution in [0.25, 0.3) is 10.9 Å². The van der Waals surface area contributed by atoms with Crippen LogP contribution in [-0.4, -0.2) is 62.8 Å². The molecule has 3 aromatic rings. The van der Waals surface area contributed by atoms with Crippen molar-refractivity contribution in [2.45, 2.75) is 25.3 Å². The highest BCUT2D eigenvalue weighted by Crippen LogP contribution is 2.38. The number of fused-ring (bicyclic) bond motifs is 1. The summed E-state index contributed by atoms with van der Waals surface area (Å²) < 4.78 is 16.1. The predicted molar refractivity (Wildman–Crippen MR) is 125 cm³/mol. The minimum Gasteiger partial charge on any atom is -0.493 e. The topological polar surface area (TPSA) is 75.8 Å². The molecule has 2 aromatic carbocycles. The fourth-order valence-electron chi connectivity index (χ4n) is 4.40. The first-order valence-corrected chi connectivity index (χ1v) is 11.0. The van der Waals surface area contributed by atoms with Crippen molar-refractivity contribution in [3.05, 3.63) is 53.7 Å². The summed E-state index contributed by atoms with van der Waals surface area (Å²) in [4.78, 5) is 18.7. The van der Waals surface area contributed by atoms with Gasteiger partial charge in [0.05, 0.1) is 21.3 Å². The second kappa shape index (κ2) is 9.96. The van der Waals surface area contributed by atoms with Crippen LogP contribution in [0.2, 0.25) is 0 Å². The summed E-state index contributed by atoms with van der Waals surface area (Å²) in [6.07, 6.45) is 5.01. The van der Waals surface area contributed by atoms with E-state index in [1.807, 2.05) is 0 Å². The molecule has 0 radical (unpaired) electrons. The maximum atomic E-state index is 12.9. The van der Waals surface area contributed by atoms with Crippen LogP contribution in [-0.2, 0) is 6.42 Å². The summed E-state index contributed by atoms with van der Waals surface area (Å²) in [7, 11) is 4.64. The second-order valence-electron chi connectivity index (χ2n) is 8.11. The van der Waals surface area contributed by atoms with Crippen LogP contribution in [0.3, 0.4) is 0 Å². The van der Waals surface area contributed by atoms with Gasteiger partial charge >= 0.3 is 0 Å². The molecule has 2 N–H and O–H groups in total. The molecule has 0 spiro atoms. The number of rotatable bonds is 8. The number of para-hydroxylation sites is 1. The summed E-state index contributed by atoms with van der Waals surface area (Å²) in [5, 5.41) is 4.47.